The van der Waals surface area contributed by atoms with Gasteiger partial charge in [0.2, 0.25) is 0 Å². The number of carboxylic acids is 1. The third-order valence-corrected chi connectivity index (χ3v) is 5.68. The second-order valence-corrected chi connectivity index (χ2v) is 8.20. The van der Waals surface area contributed by atoms with E-state index < -0.39 is 5.97 Å². The van der Waals surface area contributed by atoms with E-state index in [-0.39, 0.29) is 31.0 Å². The van der Waals surface area contributed by atoms with Gasteiger partial charge in [0, 0.05) is 5.02 Å². The predicted octanol–water partition coefficient (Wildman–Crippen LogP) is 6.12. The standard InChI is InChI=1S/C23H26ClNO4.CH4/c1-14-3-10-19(11-4-14)29-21-12-9-18(24)13-20(21)22(26)25-15(2)16-5-7-17(8-6-16)23(27)28;/h5-9,12-15,19H,3-4,10-11H2,1-2H3,(H,25,26)(H,27,28);1H4/t14?,15-,19?;/m0./s1. The maximum atomic E-state index is 12.9. The van der Waals surface area contributed by atoms with Gasteiger partial charge < -0.3 is 15.2 Å². The lowest BCUT2D eigenvalue weighted by Crippen LogP contribution is -2.28. The Kier molecular flexibility index (Phi) is 8.30. The third-order valence-electron chi connectivity index (χ3n) is 5.45. The highest BCUT2D eigenvalue weighted by molar-refractivity contribution is 6.31. The minimum Gasteiger partial charge on any atom is -0.490 e. The fourth-order valence-electron chi connectivity index (χ4n) is 3.58. The zero-order valence-electron chi connectivity index (χ0n) is 16.7. The van der Waals surface area contributed by atoms with E-state index >= 15 is 0 Å². The Balaban J connectivity index is 0.00000320. The summed E-state index contributed by atoms with van der Waals surface area (Å²) < 4.78 is 6.16. The number of aromatic carboxylic acids is 1. The molecule has 0 aromatic heterocycles. The van der Waals surface area contributed by atoms with Crippen molar-refractivity contribution in [2.75, 3.05) is 0 Å². The summed E-state index contributed by atoms with van der Waals surface area (Å²) in [4.78, 5) is 23.9. The zero-order valence-corrected chi connectivity index (χ0v) is 17.4. The fraction of sp³-hybridized carbons (Fsp3) is 0.417. The molecule has 2 aromatic carbocycles. The number of ether oxygens (including phenoxy) is 1. The van der Waals surface area contributed by atoms with Gasteiger partial charge in [-0.25, -0.2) is 4.79 Å². The van der Waals surface area contributed by atoms with E-state index in [9.17, 15) is 9.59 Å². The van der Waals surface area contributed by atoms with Crippen molar-refractivity contribution in [2.24, 2.45) is 5.92 Å². The van der Waals surface area contributed by atoms with Crippen LogP contribution >= 0.6 is 11.6 Å². The van der Waals surface area contributed by atoms with E-state index in [0.29, 0.717) is 16.3 Å². The Morgan fingerprint density at radius 3 is 2.33 bits per heavy atom. The summed E-state index contributed by atoms with van der Waals surface area (Å²) >= 11 is 6.13. The van der Waals surface area contributed by atoms with Crippen LogP contribution in [0.1, 0.15) is 79.3 Å². The van der Waals surface area contributed by atoms with Gasteiger partial charge in [-0.3, -0.25) is 4.79 Å². The summed E-state index contributed by atoms with van der Waals surface area (Å²) in [6.07, 6.45) is 4.33. The lowest BCUT2D eigenvalue weighted by atomic mass is 9.89. The van der Waals surface area contributed by atoms with Gasteiger partial charge in [-0.15, -0.1) is 0 Å². The summed E-state index contributed by atoms with van der Waals surface area (Å²) in [5.41, 5.74) is 1.43. The van der Waals surface area contributed by atoms with E-state index in [1.165, 1.54) is 12.1 Å². The van der Waals surface area contributed by atoms with Gasteiger partial charge in [-0.05, 0) is 74.4 Å². The van der Waals surface area contributed by atoms with E-state index in [1.807, 2.05) is 6.92 Å². The molecular formula is C24H30ClNO4. The number of nitrogens with one attached hydrogen (secondary N) is 1. The van der Waals surface area contributed by atoms with E-state index in [1.54, 1.807) is 30.3 Å². The highest BCUT2D eigenvalue weighted by atomic mass is 35.5. The molecule has 2 aromatic rings. The molecule has 6 heteroatoms. The van der Waals surface area contributed by atoms with Crippen LogP contribution in [0.4, 0.5) is 0 Å². The molecule has 0 bridgehead atoms. The van der Waals surface area contributed by atoms with Crippen LogP contribution in [0.5, 0.6) is 5.75 Å². The number of rotatable bonds is 6. The Bertz CT molecular complexity index is 873. The number of hydrogen-bond acceptors (Lipinski definition) is 3. The minimum absolute atomic E-state index is 0. The van der Waals surface area contributed by atoms with Crippen LogP contribution in [0, 0.1) is 5.92 Å². The molecule has 0 radical (unpaired) electrons. The van der Waals surface area contributed by atoms with Crippen molar-refractivity contribution in [3.05, 3.63) is 64.2 Å². The molecule has 2 N–H and O–H groups in total. The summed E-state index contributed by atoms with van der Waals surface area (Å²) in [6.45, 7) is 4.10. The van der Waals surface area contributed by atoms with Gasteiger partial charge in [-0.2, -0.15) is 0 Å². The molecule has 0 heterocycles. The second kappa shape index (κ2) is 10.5. The lowest BCUT2D eigenvalue weighted by molar-refractivity contribution is 0.0696. The minimum atomic E-state index is -0.980. The number of carboxylic acid groups (broad SMARTS) is 1. The van der Waals surface area contributed by atoms with Crippen molar-refractivity contribution in [1.29, 1.82) is 0 Å². The average Bonchev–Trinajstić information content (AvgIpc) is 2.71. The Morgan fingerprint density at radius 1 is 1.10 bits per heavy atom. The summed E-state index contributed by atoms with van der Waals surface area (Å²) in [6, 6.07) is 11.3. The topological polar surface area (TPSA) is 75.6 Å². The van der Waals surface area contributed by atoms with Crippen molar-refractivity contribution < 1.29 is 19.4 Å². The third kappa shape index (κ3) is 5.99. The molecule has 1 atom stereocenters. The molecule has 1 fully saturated rings. The average molecular weight is 432 g/mol. The molecular weight excluding hydrogens is 402 g/mol. The van der Waals surface area contributed by atoms with Gasteiger partial charge in [0.1, 0.15) is 5.75 Å². The molecule has 30 heavy (non-hydrogen) atoms. The van der Waals surface area contributed by atoms with Crippen molar-refractivity contribution in [2.45, 2.75) is 59.1 Å². The summed E-state index contributed by atoms with van der Waals surface area (Å²) in [5, 5.41) is 12.4. The first kappa shape index (κ1) is 23.7. The molecule has 162 valence electrons. The number of hydrogen-bond donors (Lipinski definition) is 2. The molecule has 0 aliphatic heterocycles. The fourth-order valence-corrected chi connectivity index (χ4v) is 3.75. The van der Waals surface area contributed by atoms with Gasteiger partial charge in [0.25, 0.3) is 5.91 Å². The predicted molar refractivity (Wildman–Crippen MR) is 120 cm³/mol. The maximum absolute atomic E-state index is 12.9. The number of halogens is 1. The quantitative estimate of drug-likeness (QED) is 0.577. The molecule has 1 aliphatic rings. The second-order valence-electron chi connectivity index (χ2n) is 7.76. The molecule has 1 amide bonds. The van der Waals surface area contributed by atoms with E-state index in [0.717, 1.165) is 37.2 Å². The van der Waals surface area contributed by atoms with Crippen molar-refractivity contribution >= 4 is 23.5 Å². The largest absolute Gasteiger partial charge is 0.490 e. The lowest BCUT2D eigenvalue weighted by Gasteiger charge is -2.27. The van der Waals surface area contributed by atoms with E-state index in [4.69, 9.17) is 21.4 Å². The Morgan fingerprint density at radius 2 is 1.73 bits per heavy atom. The number of amides is 1. The van der Waals surface area contributed by atoms with Crippen LogP contribution in [0.3, 0.4) is 0 Å². The van der Waals surface area contributed by atoms with Crippen LogP contribution in [0.2, 0.25) is 5.02 Å². The van der Waals surface area contributed by atoms with Crippen molar-refractivity contribution in [3.8, 4) is 5.75 Å². The Hall–Kier alpha value is -2.53. The number of benzene rings is 2. The van der Waals surface area contributed by atoms with Gasteiger partial charge in [0.15, 0.2) is 0 Å². The first-order chi connectivity index (χ1) is 13.8. The maximum Gasteiger partial charge on any atom is 0.335 e. The highest BCUT2D eigenvalue weighted by Gasteiger charge is 2.23. The molecule has 3 rings (SSSR count). The Labute approximate surface area is 183 Å². The molecule has 1 aliphatic carbocycles. The highest BCUT2D eigenvalue weighted by Crippen LogP contribution is 2.30. The van der Waals surface area contributed by atoms with Crippen LogP contribution in [0.15, 0.2) is 42.5 Å². The van der Waals surface area contributed by atoms with Gasteiger partial charge in [0.05, 0.1) is 23.3 Å². The summed E-state index contributed by atoms with van der Waals surface area (Å²) in [7, 11) is 0. The van der Waals surface area contributed by atoms with Crippen LogP contribution < -0.4 is 10.1 Å². The SMILES string of the molecule is C.CC1CCC(Oc2ccc(Cl)cc2C(=O)N[C@@H](C)c2ccc(C(=O)O)cc2)CC1. The van der Waals surface area contributed by atoms with Crippen molar-refractivity contribution in [1.82, 2.24) is 5.32 Å². The molecule has 0 spiro atoms. The van der Waals surface area contributed by atoms with Crippen LogP contribution in [-0.2, 0) is 0 Å². The van der Waals surface area contributed by atoms with Crippen molar-refractivity contribution in [3.63, 3.8) is 0 Å². The molecule has 1 saturated carbocycles. The number of carbonyl (C=O) groups is 2. The molecule has 0 saturated heterocycles. The summed E-state index contributed by atoms with van der Waals surface area (Å²) in [5.74, 6) is 0.00336. The van der Waals surface area contributed by atoms with Gasteiger partial charge in [-0.1, -0.05) is 38.1 Å². The first-order valence-electron chi connectivity index (χ1n) is 9.94. The normalized spacial score (nSPS) is 19.3. The smallest absolute Gasteiger partial charge is 0.335 e. The molecule has 5 nitrogen and oxygen atoms in total. The molecule has 0 unspecified atom stereocenters. The first-order valence-corrected chi connectivity index (χ1v) is 10.3. The van der Waals surface area contributed by atoms with Crippen LogP contribution in [-0.4, -0.2) is 23.1 Å². The van der Waals surface area contributed by atoms with E-state index in [2.05, 4.69) is 12.2 Å². The van der Waals surface area contributed by atoms with Crippen LogP contribution in [0.25, 0.3) is 0 Å². The van der Waals surface area contributed by atoms with Gasteiger partial charge >= 0.3 is 5.97 Å². The zero-order chi connectivity index (χ0) is 21.0. The monoisotopic (exact) mass is 431 g/mol. The number of carbonyl (C=O) groups excluding carboxylic acids is 1.